The minimum atomic E-state index is -0.481. The fourth-order valence-corrected chi connectivity index (χ4v) is 2.18. The molecule has 0 heterocycles. The first-order valence-corrected chi connectivity index (χ1v) is 6.86. The van der Waals surface area contributed by atoms with Crippen molar-refractivity contribution in [2.24, 2.45) is 5.73 Å². The van der Waals surface area contributed by atoms with Gasteiger partial charge in [-0.25, -0.2) is 0 Å². The van der Waals surface area contributed by atoms with Crippen LogP contribution < -0.4 is 10.5 Å². The van der Waals surface area contributed by atoms with Crippen LogP contribution in [0, 0.1) is 0 Å². The van der Waals surface area contributed by atoms with Gasteiger partial charge in [-0.2, -0.15) is 0 Å². The molecule has 0 saturated heterocycles. The number of nitrogens with two attached hydrogens (primary N) is 1. The Morgan fingerprint density at radius 2 is 1.90 bits per heavy atom. The zero-order valence-electron chi connectivity index (χ0n) is 10.7. The molecule has 104 valence electrons. The number of primary amides is 1. The largest absolute Gasteiger partial charge is 0.456 e. The number of hydrogen-bond donors (Lipinski definition) is 2. The molecule has 0 unspecified atom stereocenters. The van der Waals surface area contributed by atoms with Gasteiger partial charge in [0, 0.05) is 12.2 Å². The first-order valence-electron chi connectivity index (χ1n) is 6.07. The summed E-state index contributed by atoms with van der Waals surface area (Å²) < 4.78 is 6.38. The van der Waals surface area contributed by atoms with Gasteiger partial charge in [0.25, 0.3) is 0 Å². The van der Waals surface area contributed by atoms with Crippen molar-refractivity contribution < 1.29 is 14.6 Å². The maximum atomic E-state index is 11.1. The Morgan fingerprint density at radius 3 is 2.45 bits per heavy atom. The first kappa shape index (κ1) is 14.6. The summed E-state index contributed by atoms with van der Waals surface area (Å²) in [6.45, 7) is 0.125. The number of halogens is 1. The van der Waals surface area contributed by atoms with Crippen LogP contribution in [0.5, 0.6) is 11.5 Å². The van der Waals surface area contributed by atoms with Crippen molar-refractivity contribution >= 4 is 21.8 Å². The summed E-state index contributed by atoms with van der Waals surface area (Å²) in [5, 5.41) is 8.86. The highest BCUT2D eigenvalue weighted by Gasteiger charge is 2.07. The summed E-state index contributed by atoms with van der Waals surface area (Å²) in [6, 6.07) is 12.4. The Bertz CT molecular complexity index is 611. The summed E-state index contributed by atoms with van der Waals surface area (Å²) in [6.07, 6.45) is 0.622. The van der Waals surface area contributed by atoms with E-state index >= 15 is 0 Å². The van der Waals surface area contributed by atoms with Gasteiger partial charge < -0.3 is 15.6 Å². The monoisotopic (exact) mass is 335 g/mol. The van der Waals surface area contributed by atoms with Crippen LogP contribution in [-0.2, 0) is 6.42 Å². The molecule has 0 atom stereocenters. The average molecular weight is 336 g/mol. The molecule has 0 fully saturated rings. The van der Waals surface area contributed by atoms with Crippen molar-refractivity contribution in [3.63, 3.8) is 0 Å². The second-order valence-corrected chi connectivity index (χ2v) is 5.08. The molecule has 0 aliphatic heterocycles. The van der Waals surface area contributed by atoms with Gasteiger partial charge in [-0.15, -0.1) is 0 Å². The standard InChI is InChI=1S/C15H14BrNO3/c16-13-9-11(15(17)19)3-6-14(13)20-12-4-1-10(2-5-12)7-8-18/h1-6,9,18H,7-8H2,(H2,17,19). The predicted octanol–water partition coefficient (Wildman–Crippen LogP) is 2.88. The Balaban J connectivity index is 2.15. The van der Waals surface area contributed by atoms with Gasteiger partial charge >= 0.3 is 0 Å². The predicted molar refractivity (Wildman–Crippen MR) is 80.0 cm³/mol. The number of carbonyl (C=O) groups is 1. The molecular formula is C15H14BrNO3. The van der Waals surface area contributed by atoms with Crippen molar-refractivity contribution in [1.82, 2.24) is 0 Å². The van der Waals surface area contributed by atoms with E-state index in [-0.39, 0.29) is 6.61 Å². The zero-order chi connectivity index (χ0) is 14.5. The summed E-state index contributed by atoms with van der Waals surface area (Å²) in [7, 11) is 0. The quantitative estimate of drug-likeness (QED) is 0.882. The Labute approximate surface area is 125 Å². The summed E-state index contributed by atoms with van der Waals surface area (Å²) in [4.78, 5) is 11.1. The molecule has 5 heteroatoms. The average Bonchev–Trinajstić information content (AvgIpc) is 2.43. The maximum absolute atomic E-state index is 11.1. The van der Waals surface area contributed by atoms with Crippen molar-refractivity contribution in [2.75, 3.05) is 6.61 Å². The van der Waals surface area contributed by atoms with Crippen LogP contribution in [0.15, 0.2) is 46.9 Å². The molecular weight excluding hydrogens is 322 g/mol. The molecule has 3 N–H and O–H groups in total. The first-order chi connectivity index (χ1) is 9.60. The van der Waals surface area contributed by atoms with Crippen LogP contribution >= 0.6 is 15.9 Å². The molecule has 0 saturated carbocycles. The van der Waals surface area contributed by atoms with Gasteiger partial charge in [0.15, 0.2) is 0 Å². The van der Waals surface area contributed by atoms with E-state index < -0.39 is 5.91 Å². The summed E-state index contributed by atoms with van der Waals surface area (Å²) in [5.74, 6) is 0.801. The van der Waals surface area contributed by atoms with E-state index in [2.05, 4.69) is 15.9 Å². The second-order valence-electron chi connectivity index (χ2n) is 4.23. The third-order valence-corrected chi connectivity index (χ3v) is 3.39. The molecule has 1 amide bonds. The lowest BCUT2D eigenvalue weighted by molar-refractivity contribution is 0.1000. The number of ether oxygens (including phenoxy) is 1. The third-order valence-electron chi connectivity index (χ3n) is 2.77. The summed E-state index contributed by atoms with van der Waals surface area (Å²) >= 11 is 3.35. The van der Waals surface area contributed by atoms with E-state index in [0.717, 1.165) is 5.56 Å². The highest BCUT2D eigenvalue weighted by atomic mass is 79.9. The number of amides is 1. The maximum Gasteiger partial charge on any atom is 0.248 e. The normalized spacial score (nSPS) is 10.3. The van der Waals surface area contributed by atoms with Crippen LogP contribution in [0.4, 0.5) is 0 Å². The number of aliphatic hydroxyl groups excluding tert-OH is 1. The molecule has 2 rings (SSSR count). The van der Waals surface area contributed by atoms with Gasteiger partial charge in [-0.1, -0.05) is 12.1 Å². The van der Waals surface area contributed by atoms with Crippen LogP contribution in [0.2, 0.25) is 0 Å². The second kappa shape index (κ2) is 6.54. The minimum absolute atomic E-state index is 0.125. The van der Waals surface area contributed by atoms with Gasteiger partial charge in [-0.05, 0) is 58.2 Å². The molecule has 4 nitrogen and oxygen atoms in total. The van der Waals surface area contributed by atoms with E-state index in [0.29, 0.717) is 28.0 Å². The molecule has 20 heavy (non-hydrogen) atoms. The molecule has 0 aliphatic carbocycles. The van der Waals surface area contributed by atoms with E-state index in [9.17, 15) is 4.79 Å². The van der Waals surface area contributed by atoms with Gasteiger partial charge in [-0.3, -0.25) is 4.79 Å². The van der Waals surface area contributed by atoms with Crippen LogP contribution in [-0.4, -0.2) is 17.6 Å². The molecule has 0 bridgehead atoms. The molecule has 0 aliphatic rings. The zero-order valence-corrected chi connectivity index (χ0v) is 12.3. The molecule has 0 radical (unpaired) electrons. The lowest BCUT2D eigenvalue weighted by Crippen LogP contribution is -2.10. The molecule has 2 aromatic carbocycles. The number of carbonyl (C=O) groups excluding carboxylic acids is 1. The molecule has 2 aromatic rings. The SMILES string of the molecule is NC(=O)c1ccc(Oc2ccc(CCO)cc2)c(Br)c1. The number of rotatable bonds is 5. The van der Waals surface area contributed by atoms with Crippen LogP contribution in [0.3, 0.4) is 0 Å². The van der Waals surface area contributed by atoms with Crippen molar-refractivity contribution in [1.29, 1.82) is 0 Å². The fraction of sp³-hybridized carbons (Fsp3) is 0.133. The van der Waals surface area contributed by atoms with E-state index in [1.54, 1.807) is 18.2 Å². The number of hydrogen-bond acceptors (Lipinski definition) is 3. The van der Waals surface area contributed by atoms with Crippen molar-refractivity contribution in [3.05, 3.63) is 58.1 Å². The lowest BCUT2D eigenvalue weighted by atomic mass is 10.1. The number of benzene rings is 2. The van der Waals surface area contributed by atoms with Crippen molar-refractivity contribution in [3.8, 4) is 11.5 Å². The van der Waals surface area contributed by atoms with E-state index in [4.69, 9.17) is 15.6 Å². The van der Waals surface area contributed by atoms with E-state index in [1.165, 1.54) is 0 Å². The van der Waals surface area contributed by atoms with Crippen LogP contribution in [0.1, 0.15) is 15.9 Å². The fourth-order valence-electron chi connectivity index (χ4n) is 1.72. The molecule has 0 spiro atoms. The Kier molecular flexibility index (Phi) is 4.76. The number of aliphatic hydroxyl groups is 1. The summed E-state index contributed by atoms with van der Waals surface area (Å²) in [5.41, 5.74) is 6.67. The van der Waals surface area contributed by atoms with Gasteiger partial charge in [0.1, 0.15) is 11.5 Å². The highest BCUT2D eigenvalue weighted by molar-refractivity contribution is 9.10. The topological polar surface area (TPSA) is 72.6 Å². The van der Waals surface area contributed by atoms with Crippen LogP contribution in [0.25, 0.3) is 0 Å². The minimum Gasteiger partial charge on any atom is -0.456 e. The van der Waals surface area contributed by atoms with Gasteiger partial charge in [0.2, 0.25) is 5.91 Å². The third kappa shape index (κ3) is 3.59. The van der Waals surface area contributed by atoms with Gasteiger partial charge in [0.05, 0.1) is 4.47 Å². The Morgan fingerprint density at radius 1 is 1.20 bits per heavy atom. The van der Waals surface area contributed by atoms with E-state index in [1.807, 2.05) is 24.3 Å². The molecule has 0 aromatic heterocycles. The lowest BCUT2D eigenvalue weighted by Gasteiger charge is -2.09. The Hall–Kier alpha value is -1.85. The smallest absolute Gasteiger partial charge is 0.248 e. The highest BCUT2D eigenvalue weighted by Crippen LogP contribution is 2.30. The van der Waals surface area contributed by atoms with Crippen molar-refractivity contribution in [2.45, 2.75) is 6.42 Å².